The highest BCUT2D eigenvalue weighted by atomic mass is 16.6. The number of carbonyl (C=O) groups excluding carboxylic acids is 4. The summed E-state index contributed by atoms with van der Waals surface area (Å²) in [6.45, 7) is 1.01. The molecule has 0 N–H and O–H groups in total. The fraction of sp³-hybridized carbons (Fsp3) is 0.600. The van der Waals surface area contributed by atoms with Crippen molar-refractivity contribution in [1.82, 2.24) is 0 Å². The SMILES string of the molecule is CC(=O)C(=O)OCCOC(=O)C1CCC(C2CCC(C(=O)Oc3ccccc3)CC2)CC1. The van der Waals surface area contributed by atoms with E-state index in [1.54, 1.807) is 12.1 Å². The van der Waals surface area contributed by atoms with Crippen molar-refractivity contribution in [2.75, 3.05) is 13.2 Å². The zero-order valence-corrected chi connectivity index (χ0v) is 18.6. The molecule has 0 saturated heterocycles. The molecule has 0 aromatic heterocycles. The summed E-state index contributed by atoms with van der Waals surface area (Å²) in [4.78, 5) is 46.6. The third-order valence-electron chi connectivity index (χ3n) is 6.69. The number of hydrogen-bond donors (Lipinski definition) is 0. The van der Waals surface area contributed by atoms with Gasteiger partial charge in [-0.15, -0.1) is 0 Å². The molecular formula is C25H32O7. The molecule has 0 bridgehead atoms. The van der Waals surface area contributed by atoms with E-state index >= 15 is 0 Å². The molecule has 0 atom stereocenters. The first-order valence-electron chi connectivity index (χ1n) is 11.5. The van der Waals surface area contributed by atoms with Crippen molar-refractivity contribution in [2.24, 2.45) is 23.7 Å². The maximum absolute atomic E-state index is 12.4. The van der Waals surface area contributed by atoms with E-state index < -0.39 is 11.8 Å². The minimum Gasteiger partial charge on any atom is -0.462 e. The summed E-state index contributed by atoms with van der Waals surface area (Å²) in [5.74, 6) is -0.338. The molecule has 174 valence electrons. The molecule has 2 fully saturated rings. The highest BCUT2D eigenvalue weighted by Crippen LogP contribution is 2.41. The number of hydrogen-bond acceptors (Lipinski definition) is 7. The van der Waals surface area contributed by atoms with Gasteiger partial charge in [0.2, 0.25) is 5.78 Å². The van der Waals surface area contributed by atoms with E-state index in [2.05, 4.69) is 0 Å². The Balaban J connectivity index is 1.32. The number of rotatable bonds is 8. The van der Waals surface area contributed by atoms with Gasteiger partial charge in [-0.1, -0.05) is 18.2 Å². The molecule has 2 aliphatic carbocycles. The molecule has 0 amide bonds. The van der Waals surface area contributed by atoms with Crippen LogP contribution in [-0.2, 0) is 28.7 Å². The Morgan fingerprint density at radius 2 is 1.22 bits per heavy atom. The van der Waals surface area contributed by atoms with Gasteiger partial charge in [-0.25, -0.2) is 4.79 Å². The second-order valence-corrected chi connectivity index (χ2v) is 8.82. The molecule has 2 saturated carbocycles. The van der Waals surface area contributed by atoms with Crippen LogP contribution in [0.25, 0.3) is 0 Å². The topological polar surface area (TPSA) is 96.0 Å². The van der Waals surface area contributed by atoms with E-state index in [9.17, 15) is 19.2 Å². The average molecular weight is 445 g/mol. The van der Waals surface area contributed by atoms with Crippen LogP contribution in [0.3, 0.4) is 0 Å². The third kappa shape index (κ3) is 6.90. The van der Waals surface area contributed by atoms with Gasteiger partial charge in [-0.2, -0.15) is 0 Å². The summed E-state index contributed by atoms with van der Waals surface area (Å²) in [7, 11) is 0. The van der Waals surface area contributed by atoms with Crippen LogP contribution < -0.4 is 4.74 Å². The predicted molar refractivity (Wildman–Crippen MR) is 116 cm³/mol. The molecule has 7 heteroatoms. The minimum absolute atomic E-state index is 0.0269. The van der Waals surface area contributed by atoms with E-state index in [1.165, 1.54) is 0 Å². The lowest BCUT2D eigenvalue weighted by atomic mass is 9.69. The lowest BCUT2D eigenvalue weighted by Gasteiger charge is -2.36. The van der Waals surface area contributed by atoms with Crippen LogP contribution in [0.1, 0.15) is 58.3 Å². The Morgan fingerprint density at radius 3 is 1.75 bits per heavy atom. The molecule has 0 spiro atoms. The van der Waals surface area contributed by atoms with Crippen LogP contribution in [-0.4, -0.2) is 36.9 Å². The van der Waals surface area contributed by atoms with Crippen molar-refractivity contribution < 1.29 is 33.4 Å². The van der Waals surface area contributed by atoms with Gasteiger partial charge in [0.1, 0.15) is 19.0 Å². The molecule has 0 radical (unpaired) electrons. The van der Waals surface area contributed by atoms with Crippen LogP contribution in [0.4, 0.5) is 0 Å². The van der Waals surface area contributed by atoms with E-state index in [4.69, 9.17) is 14.2 Å². The maximum Gasteiger partial charge on any atom is 0.374 e. The molecular weight excluding hydrogens is 412 g/mol. The molecule has 0 unspecified atom stereocenters. The number of ether oxygens (including phenoxy) is 3. The molecule has 32 heavy (non-hydrogen) atoms. The number of benzene rings is 1. The quantitative estimate of drug-likeness (QED) is 0.260. The van der Waals surface area contributed by atoms with Gasteiger partial charge in [0.25, 0.3) is 0 Å². The molecule has 1 aromatic rings. The number of ketones is 1. The largest absolute Gasteiger partial charge is 0.462 e. The highest BCUT2D eigenvalue weighted by Gasteiger charge is 2.35. The fourth-order valence-electron chi connectivity index (χ4n) is 4.84. The van der Waals surface area contributed by atoms with Crippen molar-refractivity contribution in [1.29, 1.82) is 0 Å². The number of para-hydroxylation sites is 1. The Hall–Kier alpha value is -2.70. The Labute approximate surface area is 188 Å². The van der Waals surface area contributed by atoms with Crippen LogP contribution in [0.15, 0.2) is 30.3 Å². The second-order valence-electron chi connectivity index (χ2n) is 8.82. The summed E-state index contributed by atoms with van der Waals surface area (Å²) >= 11 is 0. The van der Waals surface area contributed by atoms with Crippen molar-refractivity contribution in [3.05, 3.63) is 30.3 Å². The zero-order valence-electron chi connectivity index (χ0n) is 18.6. The summed E-state index contributed by atoms with van der Waals surface area (Å²) in [5.41, 5.74) is 0. The molecule has 0 aliphatic heterocycles. The van der Waals surface area contributed by atoms with E-state index in [0.717, 1.165) is 58.3 Å². The Bertz CT molecular complexity index is 788. The highest BCUT2D eigenvalue weighted by molar-refractivity contribution is 6.32. The first-order valence-corrected chi connectivity index (χ1v) is 11.5. The van der Waals surface area contributed by atoms with Crippen LogP contribution in [0.5, 0.6) is 5.75 Å². The number of carbonyl (C=O) groups is 4. The molecule has 7 nitrogen and oxygen atoms in total. The third-order valence-corrected chi connectivity index (χ3v) is 6.69. The predicted octanol–water partition coefficient (Wildman–Crippen LogP) is 3.88. The number of Topliss-reactive ketones (excluding diaryl/α,β-unsaturated/α-hetero) is 1. The van der Waals surface area contributed by atoms with Gasteiger partial charge >= 0.3 is 17.9 Å². The van der Waals surface area contributed by atoms with E-state index in [-0.39, 0.29) is 37.0 Å². The van der Waals surface area contributed by atoms with Crippen molar-refractivity contribution in [3.63, 3.8) is 0 Å². The molecule has 0 heterocycles. The molecule has 2 aliphatic rings. The van der Waals surface area contributed by atoms with Gasteiger partial charge in [-0.3, -0.25) is 14.4 Å². The summed E-state index contributed by atoms with van der Waals surface area (Å²) in [6, 6.07) is 9.20. The first-order chi connectivity index (χ1) is 15.4. The molecule has 1 aromatic carbocycles. The standard InChI is InChI=1S/C25H32O7/c1-17(26)23(27)30-15-16-31-24(28)20-11-7-18(8-12-20)19-9-13-21(14-10-19)25(29)32-22-5-3-2-4-6-22/h2-6,18-21H,7-16H2,1H3. The van der Waals surface area contributed by atoms with Gasteiger partial charge in [0.15, 0.2) is 0 Å². The van der Waals surface area contributed by atoms with Gasteiger partial charge in [-0.05, 0) is 75.3 Å². The summed E-state index contributed by atoms with van der Waals surface area (Å²) in [6.07, 6.45) is 7.34. The Kier molecular flexibility index (Phi) is 8.82. The second kappa shape index (κ2) is 11.8. The van der Waals surface area contributed by atoms with Gasteiger partial charge in [0, 0.05) is 6.92 Å². The van der Waals surface area contributed by atoms with Crippen molar-refractivity contribution in [2.45, 2.75) is 58.3 Å². The van der Waals surface area contributed by atoms with Crippen LogP contribution in [0.2, 0.25) is 0 Å². The lowest BCUT2D eigenvalue weighted by molar-refractivity contribution is -0.158. The monoisotopic (exact) mass is 444 g/mol. The fourth-order valence-corrected chi connectivity index (χ4v) is 4.84. The van der Waals surface area contributed by atoms with Gasteiger partial charge in [0.05, 0.1) is 11.8 Å². The Morgan fingerprint density at radius 1 is 0.719 bits per heavy atom. The number of esters is 3. The van der Waals surface area contributed by atoms with Crippen molar-refractivity contribution >= 4 is 23.7 Å². The first kappa shape index (κ1) is 24.0. The molecule has 3 rings (SSSR count). The van der Waals surface area contributed by atoms with Crippen molar-refractivity contribution in [3.8, 4) is 5.75 Å². The van der Waals surface area contributed by atoms with E-state index in [0.29, 0.717) is 17.6 Å². The lowest BCUT2D eigenvalue weighted by Crippen LogP contribution is -2.31. The van der Waals surface area contributed by atoms with E-state index in [1.807, 2.05) is 18.2 Å². The zero-order chi connectivity index (χ0) is 22.9. The maximum atomic E-state index is 12.4. The smallest absolute Gasteiger partial charge is 0.374 e. The summed E-state index contributed by atoms with van der Waals surface area (Å²) in [5, 5.41) is 0. The van der Waals surface area contributed by atoms with Crippen LogP contribution in [0, 0.1) is 23.7 Å². The minimum atomic E-state index is -0.912. The average Bonchev–Trinajstić information content (AvgIpc) is 2.82. The van der Waals surface area contributed by atoms with Gasteiger partial charge < -0.3 is 14.2 Å². The normalized spacial score (nSPS) is 25.4. The van der Waals surface area contributed by atoms with Crippen LogP contribution >= 0.6 is 0 Å². The summed E-state index contributed by atoms with van der Waals surface area (Å²) < 4.78 is 15.4.